The van der Waals surface area contributed by atoms with Crippen molar-refractivity contribution in [2.45, 2.75) is 44.9 Å². The van der Waals surface area contributed by atoms with Gasteiger partial charge in [-0.15, -0.1) is 0 Å². The minimum atomic E-state index is -3.66. The molecule has 2 aromatic rings. The first-order chi connectivity index (χ1) is 14.6. The Bertz CT molecular complexity index is 1030. The lowest BCUT2D eigenvalue weighted by Crippen LogP contribution is -2.39. The molecule has 9 heteroatoms. The Morgan fingerprint density at radius 3 is 2.35 bits per heavy atom. The highest BCUT2D eigenvalue weighted by Crippen LogP contribution is 2.24. The third-order valence-electron chi connectivity index (χ3n) is 5.76. The molecular formula is C22H32N4O4S. The van der Waals surface area contributed by atoms with Crippen LogP contribution in [0.25, 0.3) is 0 Å². The maximum absolute atomic E-state index is 13.2. The number of benzene rings is 1. The van der Waals surface area contributed by atoms with Crippen molar-refractivity contribution in [3.05, 3.63) is 41.2 Å². The minimum absolute atomic E-state index is 0.0609. The van der Waals surface area contributed by atoms with Crippen molar-refractivity contribution in [2.75, 3.05) is 32.8 Å². The number of carbonyl (C=O) groups excluding carboxylic acids is 1. The zero-order valence-corrected chi connectivity index (χ0v) is 19.8. The molecule has 1 saturated heterocycles. The van der Waals surface area contributed by atoms with E-state index in [9.17, 15) is 13.2 Å². The highest BCUT2D eigenvalue weighted by Gasteiger charge is 2.32. The summed E-state index contributed by atoms with van der Waals surface area (Å²) < 4.78 is 35.1. The number of aryl methyl sites for hydroxylation is 2. The van der Waals surface area contributed by atoms with E-state index in [0.717, 1.165) is 0 Å². The van der Waals surface area contributed by atoms with Gasteiger partial charge in [0.2, 0.25) is 10.0 Å². The molecule has 0 aliphatic carbocycles. The molecule has 1 amide bonds. The van der Waals surface area contributed by atoms with Gasteiger partial charge in [0.1, 0.15) is 10.6 Å². The molecule has 3 rings (SSSR count). The Hall–Kier alpha value is -2.39. The summed E-state index contributed by atoms with van der Waals surface area (Å²) in [7, 11) is -1.92. The Morgan fingerprint density at radius 2 is 1.77 bits per heavy atom. The Balaban J connectivity index is 1.61. The molecule has 1 aliphatic heterocycles. The van der Waals surface area contributed by atoms with Crippen molar-refractivity contribution in [2.24, 2.45) is 7.05 Å². The molecule has 0 bridgehead atoms. The summed E-state index contributed by atoms with van der Waals surface area (Å²) in [5.41, 5.74) is 2.33. The van der Waals surface area contributed by atoms with E-state index in [1.807, 2.05) is 24.3 Å². The predicted octanol–water partition coefficient (Wildman–Crippen LogP) is 2.46. The zero-order chi connectivity index (χ0) is 22.8. The number of ether oxygens (including phenoxy) is 1. The van der Waals surface area contributed by atoms with Crippen LogP contribution in [0.15, 0.2) is 29.2 Å². The average Bonchev–Trinajstić information content (AvgIpc) is 2.90. The number of rotatable bonds is 6. The highest BCUT2D eigenvalue weighted by molar-refractivity contribution is 7.89. The first kappa shape index (κ1) is 23.3. The maximum atomic E-state index is 13.2. The van der Waals surface area contributed by atoms with E-state index < -0.39 is 10.0 Å². The SMILES string of the molecule is Cc1nn(C)c(C)c1S(=O)(=O)N1CCCN(C(=O)COc2ccc(C(C)C)cc2)CC1. The fraction of sp³-hybridized carbons (Fsp3) is 0.545. The molecule has 1 aromatic carbocycles. The minimum Gasteiger partial charge on any atom is -0.484 e. The van der Waals surface area contributed by atoms with Crippen LogP contribution < -0.4 is 4.74 Å². The fourth-order valence-electron chi connectivity index (χ4n) is 3.83. The van der Waals surface area contributed by atoms with E-state index in [1.165, 1.54) is 9.87 Å². The van der Waals surface area contributed by atoms with E-state index in [1.54, 1.807) is 30.5 Å². The molecule has 0 radical (unpaired) electrons. The molecule has 0 unspecified atom stereocenters. The van der Waals surface area contributed by atoms with Gasteiger partial charge in [-0.2, -0.15) is 9.40 Å². The number of hydrogen-bond donors (Lipinski definition) is 0. The molecule has 0 N–H and O–H groups in total. The normalized spacial score (nSPS) is 15.9. The van der Waals surface area contributed by atoms with Gasteiger partial charge in [-0.25, -0.2) is 8.42 Å². The third-order valence-corrected chi connectivity index (χ3v) is 7.91. The predicted molar refractivity (Wildman–Crippen MR) is 119 cm³/mol. The van der Waals surface area contributed by atoms with Crippen LogP contribution >= 0.6 is 0 Å². The largest absolute Gasteiger partial charge is 0.484 e. The van der Waals surface area contributed by atoms with E-state index in [2.05, 4.69) is 18.9 Å². The lowest BCUT2D eigenvalue weighted by atomic mass is 10.0. The van der Waals surface area contributed by atoms with Crippen molar-refractivity contribution < 1.29 is 17.9 Å². The number of hydrogen-bond acceptors (Lipinski definition) is 5. The number of sulfonamides is 1. The Labute approximate surface area is 184 Å². The first-order valence-corrected chi connectivity index (χ1v) is 12.1. The van der Waals surface area contributed by atoms with Gasteiger partial charge in [0.15, 0.2) is 6.61 Å². The van der Waals surface area contributed by atoms with Gasteiger partial charge in [0.25, 0.3) is 5.91 Å². The highest BCUT2D eigenvalue weighted by atomic mass is 32.2. The first-order valence-electron chi connectivity index (χ1n) is 10.6. The van der Waals surface area contributed by atoms with E-state index in [4.69, 9.17) is 4.74 Å². The second-order valence-corrected chi connectivity index (χ2v) is 10.1. The molecule has 170 valence electrons. The zero-order valence-electron chi connectivity index (χ0n) is 19.0. The van der Waals surface area contributed by atoms with Gasteiger partial charge in [-0.1, -0.05) is 26.0 Å². The smallest absolute Gasteiger partial charge is 0.260 e. The Kier molecular flexibility index (Phi) is 7.06. The van der Waals surface area contributed by atoms with Gasteiger partial charge in [-0.05, 0) is 43.9 Å². The molecular weight excluding hydrogens is 416 g/mol. The molecule has 0 saturated carbocycles. The van der Waals surface area contributed by atoms with E-state index >= 15 is 0 Å². The molecule has 1 aromatic heterocycles. The van der Waals surface area contributed by atoms with E-state index in [0.29, 0.717) is 49.1 Å². The van der Waals surface area contributed by atoms with Gasteiger partial charge in [0.05, 0.1) is 11.4 Å². The van der Waals surface area contributed by atoms with E-state index in [-0.39, 0.29) is 24.0 Å². The number of carbonyl (C=O) groups is 1. The van der Waals surface area contributed by atoms with Crippen LogP contribution in [0.4, 0.5) is 0 Å². The molecule has 1 aliphatic rings. The van der Waals surface area contributed by atoms with Crippen molar-refractivity contribution >= 4 is 15.9 Å². The summed E-state index contributed by atoms with van der Waals surface area (Å²) in [6, 6.07) is 7.75. The summed E-state index contributed by atoms with van der Waals surface area (Å²) in [5, 5.41) is 4.24. The summed E-state index contributed by atoms with van der Waals surface area (Å²) in [6.45, 7) is 9.12. The lowest BCUT2D eigenvalue weighted by Gasteiger charge is -2.22. The van der Waals surface area contributed by atoms with Crippen LogP contribution in [0.5, 0.6) is 5.75 Å². The van der Waals surface area contributed by atoms with Crippen molar-refractivity contribution in [3.63, 3.8) is 0 Å². The van der Waals surface area contributed by atoms with Gasteiger partial charge in [0, 0.05) is 33.2 Å². The lowest BCUT2D eigenvalue weighted by molar-refractivity contribution is -0.133. The average molecular weight is 449 g/mol. The van der Waals surface area contributed by atoms with Crippen LogP contribution in [0, 0.1) is 13.8 Å². The number of amides is 1. The van der Waals surface area contributed by atoms with Crippen LogP contribution in [0.1, 0.15) is 43.1 Å². The van der Waals surface area contributed by atoms with Crippen molar-refractivity contribution in [1.82, 2.24) is 19.0 Å². The summed E-state index contributed by atoms with van der Waals surface area (Å²) in [6.07, 6.45) is 0.576. The topological polar surface area (TPSA) is 84.7 Å². The Morgan fingerprint density at radius 1 is 1.10 bits per heavy atom. The van der Waals surface area contributed by atoms with Gasteiger partial charge in [-0.3, -0.25) is 9.48 Å². The standard InChI is InChI=1S/C22H32N4O4S/c1-16(2)19-7-9-20(10-8-19)30-15-21(27)25-11-6-12-26(14-13-25)31(28,29)22-17(3)23-24(5)18(22)4/h7-10,16H,6,11-15H2,1-5H3. The summed E-state index contributed by atoms with van der Waals surface area (Å²) in [4.78, 5) is 14.6. The number of nitrogens with zero attached hydrogens (tertiary/aromatic N) is 4. The van der Waals surface area contributed by atoms with Gasteiger partial charge >= 0.3 is 0 Å². The molecule has 31 heavy (non-hydrogen) atoms. The van der Waals surface area contributed by atoms with Crippen LogP contribution in [-0.4, -0.2) is 66.1 Å². The van der Waals surface area contributed by atoms with Crippen molar-refractivity contribution in [1.29, 1.82) is 0 Å². The maximum Gasteiger partial charge on any atom is 0.260 e. The third kappa shape index (κ3) is 5.10. The van der Waals surface area contributed by atoms with Crippen molar-refractivity contribution in [3.8, 4) is 5.75 Å². The second-order valence-electron chi connectivity index (χ2n) is 8.27. The molecule has 0 spiro atoms. The summed E-state index contributed by atoms with van der Waals surface area (Å²) in [5.74, 6) is 0.950. The van der Waals surface area contributed by atoms with Crippen LogP contribution in [0.3, 0.4) is 0 Å². The molecule has 1 fully saturated rings. The van der Waals surface area contributed by atoms with Crippen LogP contribution in [0.2, 0.25) is 0 Å². The molecule has 2 heterocycles. The molecule has 0 atom stereocenters. The quantitative estimate of drug-likeness (QED) is 0.678. The second kappa shape index (κ2) is 9.40. The fourth-order valence-corrected chi connectivity index (χ4v) is 5.69. The monoisotopic (exact) mass is 448 g/mol. The summed E-state index contributed by atoms with van der Waals surface area (Å²) >= 11 is 0. The van der Waals surface area contributed by atoms with Crippen LogP contribution in [-0.2, 0) is 21.9 Å². The molecule has 8 nitrogen and oxygen atoms in total. The number of aromatic nitrogens is 2. The van der Waals surface area contributed by atoms with Gasteiger partial charge < -0.3 is 9.64 Å².